The predicted molar refractivity (Wildman–Crippen MR) is 125 cm³/mol. The molecule has 7 heteroatoms. The molecule has 31 heavy (non-hydrogen) atoms. The first-order chi connectivity index (χ1) is 14.7. The zero-order chi connectivity index (χ0) is 23.0. The van der Waals surface area contributed by atoms with Gasteiger partial charge in [0, 0.05) is 52.0 Å². The second-order valence-corrected chi connectivity index (χ2v) is 10.1. The lowest BCUT2D eigenvalue weighted by Gasteiger charge is -2.36. The van der Waals surface area contributed by atoms with E-state index in [0.717, 1.165) is 57.1 Å². The molecule has 0 radical (unpaired) electrons. The van der Waals surface area contributed by atoms with Crippen LogP contribution in [0.15, 0.2) is 12.4 Å². The van der Waals surface area contributed by atoms with E-state index in [1.54, 1.807) is 4.90 Å². The van der Waals surface area contributed by atoms with Crippen LogP contribution in [0.3, 0.4) is 0 Å². The van der Waals surface area contributed by atoms with Gasteiger partial charge in [0.15, 0.2) is 0 Å². The Hall–Kier alpha value is -1.89. The van der Waals surface area contributed by atoms with E-state index >= 15 is 0 Å². The molecule has 0 saturated carbocycles. The van der Waals surface area contributed by atoms with E-state index in [1.165, 1.54) is 0 Å². The summed E-state index contributed by atoms with van der Waals surface area (Å²) in [6.07, 6.45) is 7.62. The number of rotatable bonds is 6. The van der Waals surface area contributed by atoms with Gasteiger partial charge < -0.3 is 19.7 Å². The van der Waals surface area contributed by atoms with Crippen molar-refractivity contribution in [3.63, 3.8) is 0 Å². The van der Waals surface area contributed by atoms with Crippen molar-refractivity contribution in [3.8, 4) is 0 Å². The molecule has 1 atom stereocenters. The van der Waals surface area contributed by atoms with Crippen molar-refractivity contribution in [1.29, 1.82) is 0 Å². The summed E-state index contributed by atoms with van der Waals surface area (Å²) in [5.74, 6) is 3.14. The van der Waals surface area contributed by atoms with E-state index < -0.39 is 0 Å². The number of piperidine rings is 1. The minimum Gasteiger partial charge on any atom is -0.341 e. The van der Waals surface area contributed by atoms with Crippen LogP contribution in [0.5, 0.6) is 0 Å². The van der Waals surface area contributed by atoms with Gasteiger partial charge in [0.05, 0.1) is 12.6 Å². The van der Waals surface area contributed by atoms with Crippen molar-refractivity contribution < 1.29 is 9.59 Å². The highest BCUT2D eigenvalue weighted by Gasteiger charge is 2.32. The molecule has 2 saturated heterocycles. The second kappa shape index (κ2) is 12.2. The summed E-state index contributed by atoms with van der Waals surface area (Å²) in [5, 5.41) is 3.29. The lowest BCUT2D eigenvalue weighted by Crippen LogP contribution is -2.57. The molecule has 2 aliphatic heterocycles. The maximum absolute atomic E-state index is 12.7. The van der Waals surface area contributed by atoms with Crippen LogP contribution in [0.1, 0.15) is 59.7 Å². The van der Waals surface area contributed by atoms with Gasteiger partial charge in [-0.2, -0.15) is 0 Å². The van der Waals surface area contributed by atoms with Crippen molar-refractivity contribution in [2.45, 2.75) is 66.3 Å². The molecular formula is C24H43N5O2. The van der Waals surface area contributed by atoms with Crippen LogP contribution in [-0.2, 0) is 23.1 Å². The number of nitrogens with one attached hydrogen (secondary N) is 1. The summed E-state index contributed by atoms with van der Waals surface area (Å²) in [6.45, 7) is 13.9. The molecule has 1 N–H and O–H groups in total. The lowest BCUT2D eigenvalue weighted by atomic mass is 9.93. The van der Waals surface area contributed by atoms with Crippen LogP contribution < -0.4 is 5.32 Å². The smallest absolute Gasteiger partial charge is 0.242 e. The Morgan fingerprint density at radius 1 is 1.16 bits per heavy atom. The van der Waals surface area contributed by atoms with E-state index in [9.17, 15) is 9.59 Å². The van der Waals surface area contributed by atoms with Gasteiger partial charge in [0.25, 0.3) is 0 Å². The number of aromatic nitrogens is 2. The summed E-state index contributed by atoms with van der Waals surface area (Å²) in [7, 11) is 2.03. The zero-order valence-corrected chi connectivity index (χ0v) is 20.4. The minimum atomic E-state index is -0.143. The van der Waals surface area contributed by atoms with Crippen molar-refractivity contribution >= 4 is 11.8 Å². The van der Waals surface area contributed by atoms with Gasteiger partial charge >= 0.3 is 0 Å². The summed E-state index contributed by atoms with van der Waals surface area (Å²) in [6, 6.07) is -0.143. The fourth-order valence-corrected chi connectivity index (χ4v) is 4.11. The molecule has 1 unspecified atom stereocenters. The second-order valence-electron chi connectivity index (χ2n) is 10.1. The van der Waals surface area contributed by atoms with Crippen LogP contribution in [-0.4, -0.2) is 69.9 Å². The van der Waals surface area contributed by atoms with E-state index in [-0.39, 0.29) is 24.4 Å². The molecule has 2 amide bonds. The quantitative estimate of drug-likeness (QED) is 0.749. The first-order valence-electron chi connectivity index (χ1n) is 11.9. The molecule has 2 aliphatic rings. The molecular weight excluding hydrogens is 390 g/mol. The molecule has 7 nitrogen and oxygen atoms in total. The van der Waals surface area contributed by atoms with Gasteiger partial charge in [-0.15, -0.1) is 0 Å². The molecule has 1 aromatic rings. The maximum Gasteiger partial charge on any atom is 0.242 e. The third-order valence-electron chi connectivity index (χ3n) is 5.77. The Balaban J connectivity index is 0.000000785. The minimum absolute atomic E-state index is 0.0768. The molecule has 3 rings (SSSR count). The number of carbonyl (C=O) groups is 2. The van der Waals surface area contributed by atoms with Gasteiger partial charge in [-0.25, -0.2) is 4.98 Å². The average Bonchev–Trinajstić information content (AvgIpc) is 3.09. The number of hydrogen-bond donors (Lipinski definition) is 1. The fraction of sp³-hybridized carbons (Fsp3) is 0.792. The Kier molecular flexibility index (Phi) is 10.0. The molecule has 2 fully saturated rings. The largest absolute Gasteiger partial charge is 0.341 e. The molecule has 0 aromatic carbocycles. The fourth-order valence-electron chi connectivity index (χ4n) is 4.11. The Labute approximate surface area is 188 Å². The van der Waals surface area contributed by atoms with E-state index in [0.29, 0.717) is 18.4 Å². The number of amides is 2. The molecule has 176 valence electrons. The Bertz CT molecular complexity index is 689. The lowest BCUT2D eigenvalue weighted by molar-refractivity contribution is -0.144. The summed E-state index contributed by atoms with van der Waals surface area (Å²) < 4.78 is 2.07. The van der Waals surface area contributed by atoms with Crippen molar-refractivity contribution in [3.05, 3.63) is 18.2 Å². The van der Waals surface area contributed by atoms with Gasteiger partial charge in [0.2, 0.25) is 11.8 Å². The first kappa shape index (κ1) is 25.4. The van der Waals surface area contributed by atoms with Crippen LogP contribution in [0, 0.1) is 17.8 Å². The van der Waals surface area contributed by atoms with Crippen LogP contribution in [0.2, 0.25) is 0 Å². The van der Waals surface area contributed by atoms with Gasteiger partial charge in [-0.1, -0.05) is 34.6 Å². The van der Waals surface area contributed by atoms with Gasteiger partial charge in [-0.05, 0) is 37.0 Å². The SMILES string of the molecule is CC(C)C.CC(C)CC1NCCN(CC(=O)N2CCC(Cc3nccn3C)CC2)C1=O. The van der Waals surface area contributed by atoms with E-state index in [2.05, 4.69) is 49.5 Å². The molecule has 1 aromatic heterocycles. The van der Waals surface area contributed by atoms with Crippen LogP contribution >= 0.6 is 0 Å². The maximum atomic E-state index is 12.7. The summed E-state index contributed by atoms with van der Waals surface area (Å²) >= 11 is 0. The summed E-state index contributed by atoms with van der Waals surface area (Å²) in [5.41, 5.74) is 0. The number of likely N-dealkylation sites (tertiary alicyclic amines) is 1. The molecule has 0 spiro atoms. The van der Waals surface area contributed by atoms with Gasteiger partial charge in [-0.3, -0.25) is 9.59 Å². The number of aryl methyl sites for hydroxylation is 1. The number of hydrogen-bond acceptors (Lipinski definition) is 4. The zero-order valence-electron chi connectivity index (χ0n) is 20.4. The van der Waals surface area contributed by atoms with Crippen LogP contribution in [0.4, 0.5) is 0 Å². The standard InChI is InChI=1S/C20H33N5O2.C4H10/c1-15(2)12-17-20(27)25(11-7-21-17)14-19(26)24-8-4-16(5-9-24)13-18-22-6-10-23(18)3;1-4(2)3/h6,10,15-17,21H,4-5,7-9,11-14H2,1-3H3;4H,1-3H3. The summed E-state index contributed by atoms with van der Waals surface area (Å²) in [4.78, 5) is 33.4. The van der Waals surface area contributed by atoms with E-state index in [4.69, 9.17) is 0 Å². The van der Waals surface area contributed by atoms with Crippen molar-refractivity contribution in [1.82, 2.24) is 24.7 Å². The molecule has 0 aliphatic carbocycles. The Morgan fingerprint density at radius 2 is 1.81 bits per heavy atom. The Morgan fingerprint density at radius 3 is 2.35 bits per heavy atom. The monoisotopic (exact) mass is 433 g/mol. The number of carbonyl (C=O) groups excluding carboxylic acids is 2. The van der Waals surface area contributed by atoms with Crippen LogP contribution in [0.25, 0.3) is 0 Å². The van der Waals surface area contributed by atoms with E-state index in [1.807, 2.05) is 24.3 Å². The molecule has 0 bridgehead atoms. The third-order valence-corrected chi connectivity index (χ3v) is 5.77. The number of piperazine rings is 1. The molecule has 3 heterocycles. The average molecular weight is 434 g/mol. The highest BCUT2D eigenvalue weighted by atomic mass is 16.2. The third kappa shape index (κ3) is 8.28. The normalized spacial score (nSPS) is 20.3. The predicted octanol–water partition coefficient (Wildman–Crippen LogP) is 2.71. The topological polar surface area (TPSA) is 70.5 Å². The van der Waals surface area contributed by atoms with Crippen molar-refractivity contribution in [2.75, 3.05) is 32.7 Å². The highest BCUT2D eigenvalue weighted by Crippen LogP contribution is 2.21. The van der Waals surface area contributed by atoms with Gasteiger partial charge in [0.1, 0.15) is 5.82 Å². The van der Waals surface area contributed by atoms with Crippen molar-refractivity contribution in [2.24, 2.45) is 24.8 Å². The highest BCUT2D eigenvalue weighted by molar-refractivity contribution is 5.88. The number of imidazole rings is 1. The number of nitrogens with zero attached hydrogens (tertiary/aromatic N) is 4. The first-order valence-corrected chi connectivity index (χ1v) is 11.9.